The number of carbonyl (C=O) groups excluding carboxylic acids is 1. The van der Waals surface area contributed by atoms with Gasteiger partial charge in [-0.2, -0.15) is 0 Å². The van der Waals surface area contributed by atoms with Crippen LogP contribution in [0.3, 0.4) is 0 Å². The largest absolute Gasteiger partial charge is 0.384 e. The molecule has 4 heteroatoms. The number of rotatable bonds is 8. The number of carbonyl (C=O) groups is 1. The standard InChI is InChI=1S/C15H25N3O/c1-4-7-10-16-13-8-9-14(17-11-13)18-15(19)12(5-2)6-3/h8-9,11-12,16H,4-7,10H2,1-3H3,(H,17,18,19). The van der Waals surface area contributed by atoms with Crippen molar-refractivity contribution in [2.24, 2.45) is 5.92 Å². The van der Waals surface area contributed by atoms with Crippen LogP contribution in [-0.2, 0) is 4.79 Å². The van der Waals surface area contributed by atoms with E-state index in [0.29, 0.717) is 5.82 Å². The fourth-order valence-electron chi connectivity index (χ4n) is 1.87. The summed E-state index contributed by atoms with van der Waals surface area (Å²) in [5.74, 6) is 0.756. The molecule has 1 aromatic rings. The Kier molecular flexibility index (Phi) is 6.93. The van der Waals surface area contributed by atoms with Gasteiger partial charge in [-0.3, -0.25) is 4.79 Å². The molecule has 19 heavy (non-hydrogen) atoms. The Morgan fingerprint density at radius 1 is 1.26 bits per heavy atom. The molecule has 0 aliphatic heterocycles. The summed E-state index contributed by atoms with van der Waals surface area (Å²) < 4.78 is 0. The van der Waals surface area contributed by atoms with E-state index in [-0.39, 0.29) is 11.8 Å². The van der Waals surface area contributed by atoms with Crippen molar-refractivity contribution < 1.29 is 4.79 Å². The van der Waals surface area contributed by atoms with Crippen molar-refractivity contribution in [2.45, 2.75) is 46.5 Å². The van der Waals surface area contributed by atoms with Gasteiger partial charge in [0.25, 0.3) is 0 Å². The SMILES string of the molecule is CCCCNc1ccc(NC(=O)C(CC)CC)nc1. The van der Waals surface area contributed by atoms with Crippen molar-refractivity contribution in [1.29, 1.82) is 0 Å². The quantitative estimate of drug-likeness (QED) is 0.704. The van der Waals surface area contributed by atoms with E-state index in [1.54, 1.807) is 6.20 Å². The number of nitrogens with one attached hydrogen (secondary N) is 2. The van der Waals surface area contributed by atoms with Crippen molar-refractivity contribution in [3.63, 3.8) is 0 Å². The van der Waals surface area contributed by atoms with Gasteiger partial charge in [-0.1, -0.05) is 27.2 Å². The van der Waals surface area contributed by atoms with E-state index in [4.69, 9.17) is 0 Å². The van der Waals surface area contributed by atoms with E-state index < -0.39 is 0 Å². The first-order valence-electron chi connectivity index (χ1n) is 7.22. The zero-order valence-electron chi connectivity index (χ0n) is 12.2. The van der Waals surface area contributed by atoms with Gasteiger partial charge in [0.15, 0.2) is 0 Å². The molecule has 0 fully saturated rings. The molecule has 0 saturated carbocycles. The third kappa shape index (κ3) is 5.28. The number of unbranched alkanes of at least 4 members (excludes halogenated alkanes) is 1. The first kappa shape index (κ1) is 15.5. The predicted molar refractivity (Wildman–Crippen MR) is 80.3 cm³/mol. The lowest BCUT2D eigenvalue weighted by Crippen LogP contribution is -2.22. The summed E-state index contributed by atoms with van der Waals surface area (Å²) >= 11 is 0. The van der Waals surface area contributed by atoms with E-state index in [1.807, 2.05) is 26.0 Å². The number of nitrogens with zero attached hydrogens (tertiary/aromatic N) is 1. The lowest BCUT2D eigenvalue weighted by molar-refractivity contribution is -0.120. The molecule has 0 aliphatic rings. The minimum atomic E-state index is 0.0594. The van der Waals surface area contributed by atoms with Crippen LogP contribution < -0.4 is 10.6 Å². The van der Waals surface area contributed by atoms with Gasteiger partial charge in [0, 0.05) is 12.5 Å². The number of pyridine rings is 1. The molecule has 0 aliphatic carbocycles. The van der Waals surface area contributed by atoms with Crippen LogP contribution in [0.2, 0.25) is 0 Å². The molecule has 2 N–H and O–H groups in total. The Morgan fingerprint density at radius 3 is 2.53 bits per heavy atom. The van der Waals surface area contributed by atoms with E-state index >= 15 is 0 Å². The number of amides is 1. The molecule has 0 unspecified atom stereocenters. The highest BCUT2D eigenvalue weighted by Gasteiger charge is 2.14. The Morgan fingerprint density at radius 2 is 2.00 bits per heavy atom. The van der Waals surface area contributed by atoms with Crippen molar-refractivity contribution in [3.8, 4) is 0 Å². The van der Waals surface area contributed by atoms with Gasteiger partial charge >= 0.3 is 0 Å². The van der Waals surface area contributed by atoms with Gasteiger partial charge in [-0.05, 0) is 31.4 Å². The smallest absolute Gasteiger partial charge is 0.228 e. The van der Waals surface area contributed by atoms with Crippen LogP contribution in [0.1, 0.15) is 46.5 Å². The molecule has 4 nitrogen and oxygen atoms in total. The Bertz CT molecular complexity index is 371. The third-order valence-electron chi connectivity index (χ3n) is 3.23. The molecule has 0 spiro atoms. The summed E-state index contributed by atoms with van der Waals surface area (Å²) in [6, 6.07) is 3.79. The Labute approximate surface area is 116 Å². The second-order valence-corrected chi connectivity index (χ2v) is 4.72. The normalized spacial score (nSPS) is 10.5. The molecular weight excluding hydrogens is 238 g/mol. The van der Waals surface area contributed by atoms with Gasteiger partial charge in [0.05, 0.1) is 11.9 Å². The van der Waals surface area contributed by atoms with E-state index in [0.717, 1.165) is 31.5 Å². The van der Waals surface area contributed by atoms with Gasteiger partial charge in [0.2, 0.25) is 5.91 Å². The monoisotopic (exact) mass is 263 g/mol. The second kappa shape index (κ2) is 8.51. The predicted octanol–water partition coefficient (Wildman–Crippen LogP) is 3.67. The maximum atomic E-state index is 11.9. The summed E-state index contributed by atoms with van der Waals surface area (Å²) in [5.41, 5.74) is 0.994. The number of hydrogen-bond donors (Lipinski definition) is 2. The Balaban J connectivity index is 2.49. The second-order valence-electron chi connectivity index (χ2n) is 4.72. The lowest BCUT2D eigenvalue weighted by atomic mass is 10.0. The molecule has 1 aromatic heterocycles. The average molecular weight is 263 g/mol. The van der Waals surface area contributed by atoms with Gasteiger partial charge in [-0.25, -0.2) is 4.98 Å². The van der Waals surface area contributed by atoms with Crippen molar-refractivity contribution in [3.05, 3.63) is 18.3 Å². The molecule has 0 saturated heterocycles. The molecule has 0 aromatic carbocycles. The van der Waals surface area contributed by atoms with Crippen LogP contribution in [0.5, 0.6) is 0 Å². The van der Waals surface area contributed by atoms with Gasteiger partial charge in [0.1, 0.15) is 5.82 Å². The zero-order valence-corrected chi connectivity index (χ0v) is 12.2. The molecule has 1 heterocycles. The number of anilines is 2. The minimum absolute atomic E-state index is 0.0594. The topological polar surface area (TPSA) is 54.0 Å². The highest BCUT2D eigenvalue weighted by atomic mass is 16.1. The Hall–Kier alpha value is -1.58. The lowest BCUT2D eigenvalue weighted by Gasteiger charge is -2.12. The summed E-state index contributed by atoms with van der Waals surface area (Å²) in [6.45, 7) is 7.18. The average Bonchev–Trinajstić information content (AvgIpc) is 2.42. The first-order chi connectivity index (χ1) is 9.21. The molecule has 1 amide bonds. The van der Waals surface area contributed by atoms with Gasteiger partial charge < -0.3 is 10.6 Å². The van der Waals surface area contributed by atoms with E-state index in [9.17, 15) is 4.79 Å². The van der Waals surface area contributed by atoms with Crippen molar-refractivity contribution in [1.82, 2.24) is 4.98 Å². The van der Waals surface area contributed by atoms with Crippen LogP contribution in [0.15, 0.2) is 18.3 Å². The fourth-order valence-corrected chi connectivity index (χ4v) is 1.87. The summed E-state index contributed by atoms with van der Waals surface area (Å²) in [6.07, 6.45) is 5.80. The van der Waals surface area contributed by atoms with Crippen LogP contribution in [0, 0.1) is 5.92 Å². The van der Waals surface area contributed by atoms with Crippen LogP contribution >= 0.6 is 0 Å². The van der Waals surface area contributed by atoms with Crippen molar-refractivity contribution in [2.75, 3.05) is 17.2 Å². The number of aromatic nitrogens is 1. The molecule has 0 radical (unpaired) electrons. The first-order valence-corrected chi connectivity index (χ1v) is 7.22. The number of hydrogen-bond acceptors (Lipinski definition) is 3. The molecule has 0 atom stereocenters. The van der Waals surface area contributed by atoms with Crippen molar-refractivity contribution >= 4 is 17.4 Å². The van der Waals surface area contributed by atoms with E-state index in [2.05, 4.69) is 22.5 Å². The van der Waals surface area contributed by atoms with Crippen LogP contribution in [0.25, 0.3) is 0 Å². The molecular formula is C15H25N3O. The van der Waals surface area contributed by atoms with E-state index in [1.165, 1.54) is 6.42 Å². The molecule has 0 bridgehead atoms. The van der Waals surface area contributed by atoms with Crippen LogP contribution in [0.4, 0.5) is 11.5 Å². The van der Waals surface area contributed by atoms with Gasteiger partial charge in [-0.15, -0.1) is 0 Å². The maximum absolute atomic E-state index is 11.9. The summed E-state index contributed by atoms with van der Waals surface area (Å²) in [4.78, 5) is 16.2. The highest BCUT2D eigenvalue weighted by molar-refractivity contribution is 5.91. The third-order valence-corrected chi connectivity index (χ3v) is 3.23. The minimum Gasteiger partial charge on any atom is -0.384 e. The summed E-state index contributed by atoms with van der Waals surface area (Å²) in [7, 11) is 0. The molecule has 1 rings (SSSR count). The highest BCUT2D eigenvalue weighted by Crippen LogP contribution is 2.13. The summed E-state index contributed by atoms with van der Waals surface area (Å²) in [5, 5.41) is 6.16. The molecule has 106 valence electrons. The maximum Gasteiger partial charge on any atom is 0.228 e. The zero-order chi connectivity index (χ0) is 14.1. The van der Waals surface area contributed by atoms with Crippen LogP contribution in [-0.4, -0.2) is 17.4 Å². The fraction of sp³-hybridized carbons (Fsp3) is 0.600.